The van der Waals surface area contributed by atoms with E-state index in [1.54, 1.807) is 6.07 Å². The fraction of sp³-hybridized carbons (Fsp3) is 0.250. The van der Waals surface area contributed by atoms with Gasteiger partial charge in [0.1, 0.15) is 4.88 Å². The number of thiophene rings is 1. The zero-order valence-corrected chi connectivity index (χ0v) is 7.54. The fourth-order valence-corrected chi connectivity index (χ4v) is 1.71. The second kappa shape index (κ2) is 4.03. The molecule has 1 aromatic rings. The smallest absolute Gasteiger partial charge is 0.345 e. The average Bonchev–Trinajstić information content (AvgIpc) is 2.52. The van der Waals surface area contributed by atoms with E-state index in [0.717, 1.165) is 16.2 Å². The number of nitrogens with two attached hydrogens (primary N) is 1. The van der Waals surface area contributed by atoms with Crippen LogP contribution >= 0.6 is 11.3 Å². The number of carbonyl (C=O) groups is 1. The van der Waals surface area contributed by atoms with Crippen molar-refractivity contribution in [1.82, 2.24) is 0 Å². The van der Waals surface area contributed by atoms with Gasteiger partial charge in [0.15, 0.2) is 0 Å². The molecular weight excluding hydrogens is 188 g/mol. The summed E-state index contributed by atoms with van der Waals surface area (Å²) < 4.78 is 0. The summed E-state index contributed by atoms with van der Waals surface area (Å²) in [5, 5.41) is 17.0. The molecule has 1 atom stereocenters. The number of carboxylic acids is 1. The molecule has 0 aliphatic rings. The first-order chi connectivity index (χ1) is 6.15. The molecule has 0 aliphatic heterocycles. The lowest BCUT2D eigenvalue weighted by molar-refractivity contribution is 0.0702. The topological polar surface area (TPSA) is 87.1 Å². The van der Waals surface area contributed by atoms with E-state index in [-0.39, 0.29) is 17.3 Å². The van der Waals surface area contributed by atoms with Gasteiger partial charge in [-0.25, -0.2) is 4.79 Å². The molecule has 0 saturated carbocycles. The molecule has 0 fully saturated rings. The highest BCUT2D eigenvalue weighted by atomic mass is 32.1. The maximum Gasteiger partial charge on any atom is 0.345 e. The predicted octanol–water partition coefficient (Wildman–Crippen LogP) is 1.36. The van der Waals surface area contributed by atoms with Gasteiger partial charge in [-0.3, -0.25) is 0 Å². The third-order valence-electron chi connectivity index (χ3n) is 1.51. The molecular formula is C8H8N2O2S. The Bertz CT molecular complexity index is 353. The van der Waals surface area contributed by atoms with Crippen molar-refractivity contribution in [3.63, 3.8) is 0 Å². The molecule has 0 amide bonds. The Kier molecular flexibility index (Phi) is 3.01. The summed E-state index contributed by atoms with van der Waals surface area (Å²) >= 11 is 1.11. The Labute approximate surface area is 79.2 Å². The van der Waals surface area contributed by atoms with Gasteiger partial charge in [0.2, 0.25) is 0 Å². The van der Waals surface area contributed by atoms with Crippen molar-refractivity contribution in [1.29, 1.82) is 5.26 Å². The molecule has 1 unspecified atom stereocenters. The van der Waals surface area contributed by atoms with Gasteiger partial charge in [0, 0.05) is 4.88 Å². The molecule has 0 bridgehead atoms. The van der Waals surface area contributed by atoms with Gasteiger partial charge >= 0.3 is 5.97 Å². The molecule has 1 heterocycles. The first-order valence-electron chi connectivity index (χ1n) is 3.60. The largest absolute Gasteiger partial charge is 0.477 e. The molecule has 13 heavy (non-hydrogen) atoms. The lowest BCUT2D eigenvalue weighted by Gasteiger charge is -2.01. The van der Waals surface area contributed by atoms with Crippen LogP contribution in [0.2, 0.25) is 0 Å². The van der Waals surface area contributed by atoms with Crippen LogP contribution in [0.25, 0.3) is 0 Å². The van der Waals surface area contributed by atoms with Crippen LogP contribution in [0, 0.1) is 11.3 Å². The van der Waals surface area contributed by atoms with Crippen molar-refractivity contribution in [3.05, 3.63) is 21.9 Å². The van der Waals surface area contributed by atoms with E-state index in [4.69, 9.17) is 16.1 Å². The fourth-order valence-electron chi connectivity index (χ4n) is 0.866. The van der Waals surface area contributed by atoms with Crippen molar-refractivity contribution >= 4 is 17.3 Å². The molecule has 1 rings (SSSR count). The highest BCUT2D eigenvalue weighted by Gasteiger charge is 2.11. The minimum atomic E-state index is -0.958. The Balaban J connectivity index is 2.80. The monoisotopic (exact) mass is 196 g/mol. The first-order valence-corrected chi connectivity index (χ1v) is 4.42. The minimum absolute atomic E-state index is 0.208. The summed E-state index contributed by atoms with van der Waals surface area (Å²) in [4.78, 5) is 11.5. The summed E-state index contributed by atoms with van der Waals surface area (Å²) in [6, 6.07) is 4.72. The van der Waals surface area contributed by atoms with Gasteiger partial charge in [-0.05, 0) is 12.1 Å². The molecule has 1 aromatic heterocycles. The number of hydrogen-bond donors (Lipinski definition) is 2. The lowest BCUT2D eigenvalue weighted by Crippen LogP contribution is -2.06. The second-order valence-electron chi connectivity index (χ2n) is 2.48. The summed E-state index contributed by atoms with van der Waals surface area (Å²) in [5.41, 5.74) is 5.61. The van der Waals surface area contributed by atoms with Crippen LogP contribution < -0.4 is 5.73 Å². The van der Waals surface area contributed by atoms with Gasteiger partial charge in [-0.15, -0.1) is 11.3 Å². The van der Waals surface area contributed by atoms with Crippen molar-refractivity contribution in [2.24, 2.45) is 5.73 Å². The van der Waals surface area contributed by atoms with Gasteiger partial charge in [0.25, 0.3) is 0 Å². The highest BCUT2D eigenvalue weighted by molar-refractivity contribution is 7.14. The zero-order valence-electron chi connectivity index (χ0n) is 6.73. The molecule has 68 valence electrons. The molecule has 3 N–H and O–H groups in total. The van der Waals surface area contributed by atoms with Gasteiger partial charge < -0.3 is 10.8 Å². The van der Waals surface area contributed by atoms with Gasteiger partial charge in [-0.1, -0.05) is 0 Å². The average molecular weight is 196 g/mol. The van der Waals surface area contributed by atoms with Crippen molar-refractivity contribution in [2.75, 3.05) is 0 Å². The Morgan fingerprint density at radius 2 is 2.46 bits per heavy atom. The highest BCUT2D eigenvalue weighted by Crippen LogP contribution is 2.23. The summed E-state index contributed by atoms with van der Waals surface area (Å²) in [5.74, 6) is -0.958. The van der Waals surface area contributed by atoms with Crippen molar-refractivity contribution in [3.8, 4) is 6.07 Å². The minimum Gasteiger partial charge on any atom is -0.477 e. The number of rotatable bonds is 3. The molecule has 0 radical (unpaired) electrons. The SMILES string of the molecule is N#CCC(N)c1ccc(C(=O)O)s1. The van der Waals surface area contributed by atoms with Crippen LogP contribution in [0.4, 0.5) is 0 Å². The van der Waals surface area contributed by atoms with Crippen LogP contribution in [0.5, 0.6) is 0 Å². The van der Waals surface area contributed by atoms with Gasteiger partial charge in [0.05, 0.1) is 18.5 Å². The number of nitrogens with zero attached hydrogens (tertiary/aromatic N) is 1. The normalized spacial score (nSPS) is 12.0. The van der Waals surface area contributed by atoms with Crippen LogP contribution in [-0.2, 0) is 0 Å². The number of hydrogen-bond acceptors (Lipinski definition) is 4. The molecule has 0 spiro atoms. The molecule has 5 heteroatoms. The molecule has 0 saturated heterocycles. The van der Waals surface area contributed by atoms with Crippen LogP contribution in [0.15, 0.2) is 12.1 Å². The third kappa shape index (κ3) is 2.28. The van der Waals surface area contributed by atoms with E-state index in [2.05, 4.69) is 0 Å². The maximum absolute atomic E-state index is 10.5. The lowest BCUT2D eigenvalue weighted by atomic mass is 10.2. The number of nitriles is 1. The maximum atomic E-state index is 10.5. The Morgan fingerprint density at radius 3 is 2.92 bits per heavy atom. The zero-order chi connectivity index (χ0) is 9.84. The molecule has 0 aromatic carbocycles. The van der Waals surface area contributed by atoms with E-state index in [1.807, 2.05) is 6.07 Å². The third-order valence-corrected chi connectivity index (χ3v) is 2.72. The van der Waals surface area contributed by atoms with E-state index in [0.29, 0.717) is 0 Å². The Morgan fingerprint density at radius 1 is 1.77 bits per heavy atom. The van der Waals surface area contributed by atoms with E-state index >= 15 is 0 Å². The molecule has 4 nitrogen and oxygen atoms in total. The first kappa shape index (κ1) is 9.71. The summed E-state index contributed by atoms with van der Waals surface area (Å²) in [6.07, 6.45) is 0.208. The van der Waals surface area contributed by atoms with Crippen LogP contribution in [0.3, 0.4) is 0 Å². The summed E-state index contributed by atoms with van der Waals surface area (Å²) in [7, 11) is 0. The quantitative estimate of drug-likeness (QED) is 0.764. The second-order valence-corrected chi connectivity index (χ2v) is 3.59. The van der Waals surface area contributed by atoms with Crippen molar-refractivity contribution in [2.45, 2.75) is 12.5 Å². The number of aromatic carboxylic acids is 1. The standard InChI is InChI=1S/C8H8N2O2S/c9-4-3-5(10)6-1-2-7(13-6)8(11)12/h1-2,5H,3,10H2,(H,11,12). The Hall–Kier alpha value is -1.38. The molecule has 0 aliphatic carbocycles. The van der Waals surface area contributed by atoms with E-state index < -0.39 is 5.97 Å². The van der Waals surface area contributed by atoms with E-state index in [1.165, 1.54) is 6.07 Å². The van der Waals surface area contributed by atoms with Crippen molar-refractivity contribution < 1.29 is 9.90 Å². The van der Waals surface area contributed by atoms with Crippen LogP contribution in [-0.4, -0.2) is 11.1 Å². The predicted molar refractivity (Wildman–Crippen MR) is 48.4 cm³/mol. The summed E-state index contributed by atoms with van der Waals surface area (Å²) in [6.45, 7) is 0. The van der Waals surface area contributed by atoms with Gasteiger partial charge in [-0.2, -0.15) is 5.26 Å². The van der Waals surface area contributed by atoms with E-state index in [9.17, 15) is 4.79 Å². The number of carboxylic acid groups (broad SMARTS) is 1. The van der Waals surface area contributed by atoms with Crippen LogP contribution in [0.1, 0.15) is 27.0 Å².